The maximum atomic E-state index is 12.5. The van der Waals surface area contributed by atoms with Gasteiger partial charge in [0.2, 0.25) is 0 Å². The first-order valence-corrected chi connectivity index (χ1v) is 8.34. The second kappa shape index (κ2) is 6.29. The Morgan fingerprint density at radius 3 is 2.77 bits per heavy atom. The SMILES string of the molecule is Cc1ccc2c(c1)C(NC(=O)N1CCC(CO)CC1)C(C)C2. The third kappa shape index (κ3) is 2.98. The largest absolute Gasteiger partial charge is 0.396 e. The number of urea groups is 1. The molecule has 3 rings (SSSR count). The summed E-state index contributed by atoms with van der Waals surface area (Å²) in [5.41, 5.74) is 3.89. The molecule has 2 aliphatic rings. The highest BCUT2D eigenvalue weighted by molar-refractivity contribution is 5.75. The van der Waals surface area contributed by atoms with Gasteiger partial charge in [-0.05, 0) is 49.1 Å². The zero-order valence-corrected chi connectivity index (χ0v) is 13.5. The standard InChI is InChI=1S/C18H26N2O2/c1-12-3-4-15-10-13(2)17(16(15)9-12)19-18(22)20-7-5-14(11-21)6-8-20/h3-4,9,13-14,17,21H,5-8,10-11H2,1-2H3,(H,19,22). The Balaban J connectivity index is 1.66. The van der Waals surface area contributed by atoms with E-state index in [1.165, 1.54) is 16.7 Å². The maximum Gasteiger partial charge on any atom is 0.317 e. The number of fused-ring (bicyclic) bond motifs is 1. The number of nitrogens with zero attached hydrogens (tertiary/aromatic N) is 1. The van der Waals surface area contributed by atoms with Crippen LogP contribution in [0, 0.1) is 18.8 Å². The lowest BCUT2D eigenvalue weighted by Gasteiger charge is -2.32. The van der Waals surface area contributed by atoms with Gasteiger partial charge < -0.3 is 15.3 Å². The molecule has 2 unspecified atom stereocenters. The molecule has 4 heteroatoms. The van der Waals surface area contributed by atoms with E-state index >= 15 is 0 Å². The molecule has 1 saturated heterocycles. The molecular weight excluding hydrogens is 276 g/mol. The van der Waals surface area contributed by atoms with Crippen LogP contribution in [-0.2, 0) is 6.42 Å². The summed E-state index contributed by atoms with van der Waals surface area (Å²) in [6.45, 7) is 6.04. The molecule has 0 bridgehead atoms. The van der Waals surface area contributed by atoms with Crippen molar-refractivity contribution in [2.45, 2.75) is 39.2 Å². The number of carbonyl (C=O) groups excluding carboxylic acids is 1. The number of aryl methyl sites for hydroxylation is 1. The summed E-state index contributed by atoms with van der Waals surface area (Å²) in [6.07, 6.45) is 2.84. The number of rotatable bonds is 2. The fraction of sp³-hybridized carbons (Fsp3) is 0.611. The van der Waals surface area contributed by atoms with Crippen LogP contribution in [0.25, 0.3) is 0 Å². The fourth-order valence-electron chi connectivity index (χ4n) is 3.72. The Bertz CT molecular complexity index is 550. The first-order valence-electron chi connectivity index (χ1n) is 8.34. The Morgan fingerprint density at radius 1 is 1.36 bits per heavy atom. The van der Waals surface area contributed by atoms with Crippen molar-refractivity contribution >= 4 is 6.03 Å². The first kappa shape index (κ1) is 15.3. The molecular formula is C18H26N2O2. The molecule has 4 nitrogen and oxygen atoms in total. The van der Waals surface area contributed by atoms with Gasteiger partial charge in [-0.15, -0.1) is 0 Å². The van der Waals surface area contributed by atoms with Crippen LogP contribution < -0.4 is 5.32 Å². The van der Waals surface area contributed by atoms with Crippen LogP contribution in [0.4, 0.5) is 4.79 Å². The zero-order valence-electron chi connectivity index (χ0n) is 13.5. The van der Waals surface area contributed by atoms with Crippen LogP contribution >= 0.6 is 0 Å². The quantitative estimate of drug-likeness (QED) is 0.882. The predicted octanol–water partition coefficient (Wildman–Crippen LogP) is 2.64. The average molecular weight is 302 g/mol. The van der Waals surface area contributed by atoms with Crippen LogP contribution in [0.3, 0.4) is 0 Å². The monoisotopic (exact) mass is 302 g/mol. The lowest BCUT2D eigenvalue weighted by Crippen LogP contribution is -2.46. The van der Waals surface area contributed by atoms with Crippen molar-refractivity contribution < 1.29 is 9.90 Å². The minimum Gasteiger partial charge on any atom is -0.396 e. The van der Waals surface area contributed by atoms with Gasteiger partial charge in [0.1, 0.15) is 0 Å². The summed E-state index contributed by atoms with van der Waals surface area (Å²) in [6, 6.07) is 6.72. The highest BCUT2D eigenvalue weighted by Gasteiger charge is 2.32. The van der Waals surface area contributed by atoms with Gasteiger partial charge in [-0.3, -0.25) is 0 Å². The van der Waals surface area contributed by atoms with E-state index < -0.39 is 0 Å². The lowest BCUT2D eigenvalue weighted by atomic mass is 9.98. The van der Waals surface area contributed by atoms with Gasteiger partial charge in [-0.1, -0.05) is 30.7 Å². The normalized spacial score (nSPS) is 25.1. The molecule has 0 radical (unpaired) electrons. The number of amides is 2. The topological polar surface area (TPSA) is 52.6 Å². The highest BCUT2D eigenvalue weighted by atomic mass is 16.3. The molecule has 1 aliphatic carbocycles. The summed E-state index contributed by atoms with van der Waals surface area (Å²) in [5.74, 6) is 0.800. The minimum absolute atomic E-state index is 0.0441. The van der Waals surface area contributed by atoms with Crippen LogP contribution in [0.2, 0.25) is 0 Å². The van der Waals surface area contributed by atoms with E-state index in [1.54, 1.807) is 0 Å². The number of aliphatic hydroxyl groups is 1. The van der Waals surface area contributed by atoms with Crippen molar-refractivity contribution in [2.24, 2.45) is 11.8 Å². The molecule has 1 aromatic rings. The summed E-state index contributed by atoms with van der Waals surface area (Å²) < 4.78 is 0. The Morgan fingerprint density at radius 2 is 2.09 bits per heavy atom. The number of likely N-dealkylation sites (tertiary alicyclic amines) is 1. The third-order valence-corrected chi connectivity index (χ3v) is 5.19. The summed E-state index contributed by atoms with van der Waals surface area (Å²) >= 11 is 0. The number of benzene rings is 1. The molecule has 2 atom stereocenters. The van der Waals surface area contributed by atoms with Gasteiger partial charge in [0.25, 0.3) is 0 Å². The molecule has 120 valence electrons. The van der Waals surface area contributed by atoms with Gasteiger partial charge in [0, 0.05) is 19.7 Å². The average Bonchev–Trinajstić information content (AvgIpc) is 2.83. The summed E-state index contributed by atoms with van der Waals surface area (Å²) in [5, 5.41) is 12.4. The molecule has 0 saturated carbocycles. The number of aliphatic hydroxyl groups excluding tert-OH is 1. The van der Waals surface area contributed by atoms with Crippen molar-refractivity contribution in [1.29, 1.82) is 0 Å². The van der Waals surface area contributed by atoms with Crippen LogP contribution in [-0.4, -0.2) is 35.7 Å². The molecule has 0 aromatic heterocycles. The summed E-state index contributed by atoms with van der Waals surface area (Å²) in [4.78, 5) is 14.4. The first-order chi connectivity index (χ1) is 10.6. The molecule has 2 amide bonds. The van der Waals surface area contributed by atoms with Gasteiger partial charge >= 0.3 is 6.03 Å². The highest BCUT2D eigenvalue weighted by Crippen LogP contribution is 2.36. The van der Waals surface area contributed by atoms with E-state index in [4.69, 9.17) is 0 Å². The number of hydrogen-bond acceptors (Lipinski definition) is 2. The molecule has 1 aliphatic heterocycles. The van der Waals surface area contributed by atoms with Gasteiger partial charge in [0.15, 0.2) is 0 Å². The van der Waals surface area contributed by atoms with E-state index in [9.17, 15) is 9.90 Å². The van der Waals surface area contributed by atoms with E-state index in [1.807, 2.05) is 4.90 Å². The number of carbonyl (C=O) groups is 1. The minimum atomic E-state index is 0.0441. The van der Waals surface area contributed by atoms with Crippen molar-refractivity contribution in [2.75, 3.05) is 19.7 Å². The number of piperidine rings is 1. The smallest absolute Gasteiger partial charge is 0.317 e. The molecule has 22 heavy (non-hydrogen) atoms. The van der Waals surface area contributed by atoms with E-state index in [0.717, 1.165) is 32.4 Å². The third-order valence-electron chi connectivity index (χ3n) is 5.19. The van der Waals surface area contributed by atoms with Crippen molar-refractivity contribution in [3.05, 3.63) is 34.9 Å². The van der Waals surface area contributed by atoms with Crippen LogP contribution in [0.1, 0.15) is 42.5 Å². The Kier molecular flexibility index (Phi) is 4.39. The molecule has 1 heterocycles. The lowest BCUT2D eigenvalue weighted by molar-refractivity contribution is 0.134. The van der Waals surface area contributed by atoms with Crippen molar-refractivity contribution in [1.82, 2.24) is 10.2 Å². The van der Waals surface area contributed by atoms with E-state index in [2.05, 4.69) is 37.4 Å². The molecule has 1 aromatic carbocycles. The Labute approximate surface area is 132 Å². The summed E-state index contributed by atoms with van der Waals surface area (Å²) in [7, 11) is 0. The van der Waals surface area contributed by atoms with E-state index in [-0.39, 0.29) is 18.7 Å². The number of hydrogen-bond donors (Lipinski definition) is 2. The van der Waals surface area contributed by atoms with Gasteiger partial charge in [-0.2, -0.15) is 0 Å². The second-order valence-electron chi connectivity index (χ2n) is 6.92. The fourth-order valence-corrected chi connectivity index (χ4v) is 3.72. The molecule has 1 fully saturated rings. The Hall–Kier alpha value is -1.55. The van der Waals surface area contributed by atoms with Gasteiger partial charge in [0.05, 0.1) is 6.04 Å². The van der Waals surface area contributed by atoms with Crippen molar-refractivity contribution in [3.63, 3.8) is 0 Å². The molecule has 2 N–H and O–H groups in total. The zero-order chi connectivity index (χ0) is 15.7. The van der Waals surface area contributed by atoms with Crippen molar-refractivity contribution in [3.8, 4) is 0 Å². The molecule has 0 spiro atoms. The second-order valence-corrected chi connectivity index (χ2v) is 6.92. The van der Waals surface area contributed by atoms with Gasteiger partial charge in [-0.25, -0.2) is 4.79 Å². The van der Waals surface area contributed by atoms with Crippen LogP contribution in [0.15, 0.2) is 18.2 Å². The van der Waals surface area contributed by atoms with E-state index in [0.29, 0.717) is 11.8 Å². The van der Waals surface area contributed by atoms with Crippen LogP contribution in [0.5, 0.6) is 0 Å². The maximum absolute atomic E-state index is 12.5. The number of nitrogens with one attached hydrogen (secondary N) is 1. The predicted molar refractivity (Wildman–Crippen MR) is 86.7 cm³/mol.